The minimum atomic E-state index is -1.08. The van der Waals surface area contributed by atoms with Crippen molar-refractivity contribution in [3.8, 4) is 0 Å². The summed E-state index contributed by atoms with van der Waals surface area (Å²) in [6, 6.07) is 25.8. The third-order valence-electron chi connectivity index (χ3n) is 6.08. The van der Waals surface area contributed by atoms with Gasteiger partial charge in [-0.3, -0.25) is 9.78 Å². The van der Waals surface area contributed by atoms with Crippen molar-refractivity contribution in [1.82, 2.24) is 4.98 Å². The van der Waals surface area contributed by atoms with Gasteiger partial charge in [0.25, 0.3) is 0 Å². The molecule has 1 unspecified atom stereocenters. The lowest BCUT2D eigenvalue weighted by atomic mass is 10.0. The number of anilines is 1. The van der Waals surface area contributed by atoms with Gasteiger partial charge in [-0.25, -0.2) is 4.79 Å². The van der Waals surface area contributed by atoms with Crippen LogP contribution in [0.4, 0.5) is 5.69 Å². The van der Waals surface area contributed by atoms with Crippen molar-refractivity contribution in [3.63, 3.8) is 0 Å². The highest BCUT2D eigenvalue weighted by Crippen LogP contribution is 2.43. The summed E-state index contributed by atoms with van der Waals surface area (Å²) in [5.41, 5.74) is 2.61. The number of aromatic nitrogens is 1. The Labute approximate surface area is 218 Å². The van der Waals surface area contributed by atoms with Crippen LogP contribution in [-0.2, 0) is 0 Å². The zero-order valence-electron chi connectivity index (χ0n) is 19.2. The van der Waals surface area contributed by atoms with Crippen LogP contribution in [0.5, 0.6) is 0 Å². The van der Waals surface area contributed by atoms with Gasteiger partial charge in [0.1, 0.15) is 5.69 Å². The van der Waals surface area contributed by atoms with Gasteiger partial charge in [-0.1, -0.05) is 53.7 Å². The lowest BCUT2D eigenvalue weighted by molar-refractivity contribution is 0.0693. The molecular weight excluding hydrogens is 492 g/mol. The normalized spacial score (nSPS) is 13.7. The number of hydrogen-bond donors (Lipinski definition) is 2. The highest BCUT2D eigenvalue weighted by molar-refractivity contribution is 7.99. The number of nitrogens with zero attached hydrogens (tertiary/aromatic N) is 1. The van der Waals surface area contributed by atoms with Crippen molar-refractivity contribution in [2.75, 3.05) is 5.32 Å². The molecule has 0 radical (unpaired) electrons. The molecule has 1 aliphatic carbocycles. The fourth-order valence-corrected chi connectivity index (χ4v) is 5.12. The van der Waals surface area contributed by atoms with Gasteiger partial charge in [0, 0.05) is 20.4 Å². The third-order valence-corrected chi connectivity index (χ3v) is 7.42. The molecular formula is C29H23ClN2O3S. The van der Waals surface area contributed by atoms with Gasteiger partial charge in [-0.2, -0.15) is 0 Å². The molecule has 1 saturated carbocycles. The van der Waals surface area contributed by atoms with Crippen LogP contribution < -0.4 is 5.32 Å². The zero-order chi connectivity index (χ0) is 25.1. The Bertz CT molecular complexity index is 1390. The number of nitrogens with one attached hydrogen (secondary N) is 1. The quantitative estimate of drug-likeness (QED) is 0.227. The van der Waals surface area contributed by atoms with Crippen molar-refractivity contribution in [2.24, 2.45) is 5.92 Å². The fraction of sp³-hybridized carbons (Fsp3) is 0.138. The van der Waals surface area contributed by atoms with E-state index < -0.39 is 5.97 Å². The van der Waals surface area contributed by atoms with E-state index in [9.17, 15) is 14.7 Å². The molecule has 1 aromatic heterocycles. The standard InChI is InChI=1S/C29H23ClN2O3S/c30-21-11-8-19(9-12-21)27(18-6-7-18)32-22-13-14-25(31-17-22)28(33)20-10-15-26(24(16-20)29(34)35)36-23-4-2-1-3-5-23/h1-5,8-18,27,32H,6-7H2,(H,34,35). The van der Waals surface area contributed by atoms with E-state index in [0.29, 0.717) is 15.8 Å². The van der Waals surface area contributed by atoms with Crippen LogP contribution >= 0.6 is 23.4 Å². The van der Waals surface area contributed by atoms with E-state index in [1.54, 1.807) is 24.4 Å². The van der Waals surface area contributed by atoms with E-state index >= 15 is 0 Å². The van der Waals surface area contributed by atoms with Crippen LogP contribution in [0.25, 0.3) is 0 Å². The Kier molecular flexibility index (Phi) is 7.07. The van der Waals surface area contributed by atoms with Crippen molar-refractivity contribution < 1.29 is 14.7 Å². The van der Waals surface area contributed by atoms with E-state index in [0.717, 1.165) is 29.0 Å². The number of ketones is 1. The molecule has 1 atom stereocenters. The van der Waals surface area contributed by atoms with Gasteiger partial charge in [0.15, 0.2) is 0 Å². The van der Waals surface area contributed by atoms with Gasteiger partial charge in [-0.15, -0.1) is 0 Å². The molecule has 2 N–H and O–H groups in total. The molecule has 3 aromatic carbocycles. The predicted octanol–water partition coefficient (Wildman–Crippen LogP) is 7.38. The van der Waals surface area contributed by atoms with Gasteiger partial charge < -0.3 is 10.4 Å². The molecule has 1 heterocycles. The fourth-order valence-electron chi connectivity index (χ4n) is 4.06. The maximum Gasteiger partial charge on any atom is 0.336 e. The first-order chi connectivity index (χ1) is 17.5. The first kappa shape index (κ1) is 24.1. The second kappa shape index (κ2) is 10.6. The van der Waals surface area contributed by atoms with E-state index in [4.69, 9.17) is 11.6 Å². The first-order valence-electron chi connectivity index (χ1n) is 11.6. The van der Waals surface area contributed by atoms with Crippen LogP contribution in [0.1, 0.15) is 50.9 Å². The van der Waals surface area contributed by atoms with E-state index in [1.165, 1.54) is 17.8 Å². The Morgan fingerprint density at radius 1 is 0.972 bits per heavy atom. The number of carbonyl (C=O) groups is 2. The van der Waals surface area contributed by atoms with Gasteiger partial charge in [0.2, 0.25) is 5.78 Å². The summed E-state index contributed by atoms with van der Waals surface area (Å²) in [6.45, 7) is 0. The van der Waals surface area contributed by atoms with Crippen LogP contribution in [0.15, 0.2) is 101 Å². The number of carboxylic acids is 1. The van der Waals surface area contributed by atoms with Crippen LogP contribution in [0.3, 0.4) is 0 Å². The number of aromatic carboxylic acids is 1. The second-order valence-corrected chi connectivity index (χ2v) is 10.3. The third kappa shape index (κ3) is 5.61. The van der Waals surface area contributed by atoms with Crippen molar-refractivity contribution in [3.05, 3.63) is 119 Å². The second-order valence-electron chi connectivity index (χ2n) is 8.70. The molecule has 0 saturated heterocycles. The molecule has 1 fully saturated rings. The number of rotatable bonds is 9. The average Bonchev–Trinajstić information content (AvgIpc) is 3.74. The number of hydrogen-bond acceptors (Lipinski definition) is 5. The summed E-state index contributed by atoms with van der Waals surface area (Å²) in [4.78, 5) is 30.9. The molecule has 5 rings (SSSR count). The summed E-state index contributed by atoms with van der Waals surface area (Å²) >= 11 is 7.39. The first-order valence-corrected chi connectivity index (χ1v) is 12.8. The summed E-state index contributed by atoms with van der Waals surface area (Å²) in [6.07, 6.45) is 3.97. The van der Waals surface area contributed by atoms with E-state index in [1.807, 2.05) is 60.7 Å². The highest BCUT2D eigenvalue weighted by atomic mass is 35.5. The number of pyridine rings is 1. The Balaban J connectivity index is 1.33. The topological polar surface area (TPSA) is 79.3 Å². The molecule has 7 heteroatoms. The van der Waals surface area contributed by atoms with Crippen LogP contribution in [-0.4, -0.2) is 21.8 Å². The van der Waals surface area contributed by atoms with Crippen molar-refractivity contribution in [1.29, 1.82) is 0 Å². The minimum absolute atomic E-state index is 0.0863. The monoisotopic (exact) mass is 514 g/mol. The maximum atomic E-state index is 13.1. The van der Waals surface area contributed by atoms with Gasteiger partial charge >= 0.3 is 5.97 Å². The smallest absolute Gasteiger partial charge is 0.336 e. The van der Waals surface area contributed by atoms with Gasteiger partial charge in [-0.05, 0) is 78.9 Å². The molecule has 0 bridgehead atoms. The summed E-state index contributed by atoms with van der Waals surface area (Å²) in [5.74, 6) is -0.852. The average molecular weight is 515 g/mol. The molecule has 0 amide bonds. The molecule has 0 aliphatic heterocycles. The molecule has 1 aliphatic rings. The summed E-state index contributed by atoms with van der Waals surface area (Å²) in [7, 11) is 0. The van der Waals surface area contributed by atoms with Crippen molar-refractivity contribution >= 4 is 40.8 Å². The van der Waals surface area contributed by atoms with E-state index in [-0.39, 0.29) is 28.6 Å². The van der Waals surface area contributed by atoms with Crippen LogP contribution in [0, 0.1) is 5.92 Å². The van der Waals surface area contributed by atoms with Crippen LogP contribution in [0.2, 0.25) is 5.02 Å². The highest BCUT2D eigenvalue weighted by Gasteiger charge is 2.32. The lowest BCUT2D eigenvalue weighted by Gasteiger charge is -2.20. The number of benzene rings is 3. The predicted molar refractivity (Wildman–Crippen MR) is 142 cm³/mol. The molecule has 36 heavy (non-hydrogen) atoms. The van der Waals surface area contributed by atoms with Crippen molar-refractivity contribution in [2.45, 2.75) is 28.7 Å². The molecule has 180 valence electrons. The Morgan fingerprint density at radius 2 is 1.72 bits per heavy atom. The number of carboxylic acid groups (broad SMARTS) is 1. The zero-order valence-corrected chi connectivity index (χ0v) is 20.8. The van der Waals surface area contributed by atoms with Gasteiger partial charge in [0.05, 0.1) is 23.5 Å². The Hall–Kier alpha value is -3.61. The minimum Gasteiger partial charge on any atom is -0.478 e. The number of halogens is 1. The largest absolute Gasteiger partial charge is 0.478 e. The lowest BCUT2D eigenvalue weighted by Crippen LogP contribution is -2.13. The SMILES string of the molecule is O=C(c1ccc(Sc2ccccc2)c(C(=O)O)c1)c1ccc(NC(c2ccc(Cl)cc2)C2CC2)cn1. The molecule has 0 spiro atoms. The summed E-state index contributed by atoms with van der Waals surface area (Å²) in [5, 5.41) is 14.0. The summed E-state index contributed by atoms with van der Waals surface area (Å²) < 4.78 is 0. The molecule has 5 nitrogen and oxygen atoms in total. The Morgan fingerprint density at radius 3 is 2.36 bits per heavy atom. The molecule has 4 aromatic rings. The maximum absolute atomic E-state index is 13.1. The van der Waals surface area contributed by atoms with E-state index in [2.05, 4.69) is 10.3 Å². The number of carbonyl (C=O) groups excluding carboxylic acids is 1.